The average molecular weight is 492 g/mol. The highest BCUT2D eigenvalue weighted by atomic mass is 35.5. The van der Waals surface area contributed by atoms with E-state index in [1.54, 1.807) is 62.1 Å². The van der Waals surface area contributed by atoms with Gasteiger partial charge in [0, 0.05) is 43.8 Å². The predicted molar refractivity (Wildman–Crippen MR) is 131 cm³/mol. The number of hydrogen-bond acceptors (Lipinski definition) is 7. The van der Waals surface area contributed by atoms with E-state index in [1.165, 1.54) is 0 Å². The van der Waals surface area contributed by atoms with E-state index in [1.807, 2.05) is 18.4 Å². The molecule has 0 radical (unpaired) electrons. The van der Waals surface area contributed by atoms with Crippen LogP contribution in [0.5, 0.6) is 0 Å². The number of halogens is 1. The fraction of sp³-hybridized carbons (Fsp3) is 0.478. The van der Waals surface area contributed by atoms with Gasteiger partial charge in [-0.25, -0.2) is 14.8 Å². The summed E-state index contributed by atoms with van der Waals surface area (Å²) in [6.45, 7) is 7.73. The van der Waals surface area contributed by atoms with Crippen LogP contribution in [0.4, 0.5) is 10.6 Å². The number of nitrogens with one attached hydrogen (secondary N) is 1. The number of anilines is 1. The van der Waals surface area contributed by atoms with Crippen molar-refractivity contribution in [1.82, 2.24) is 20.2 Å². The molecule has 1 aromatic heterocycles. The van der Waals surface area contributed by atoms with Crippen molar-refractivity contribution >= 4 is 41.2 Å². The van der Waals surface area contributed by atoms with E-state index in [-0.39, 0.29) is 5.91 Å². The van der Waals surface area contributed by atoms with E-state index < -0.39 is 17.7 Å². The predicted octanol–water partition coefficient (Wildman–Crippen LogP) is 3.64. The first-order valence-electron chi connectivity index (χ1n) is 10.8. The molecule has 8 nitrogen and oxygen atoms in total. The largest absolute Gasteiger partial charge is 0.444 e. The highest BCUT2D eigenvalue weighted by Gasteiger charge is 2.31. The van der Waals surface area contributed by atoms with Gasteiger partial charge in [0.05, 0.1) is 4.90 Å². The number of benzene rings is 1. The van der Waals surface area contributed by atoms with Crippen LogP contribution in [0, 0.1) is 0 Å². The Morgan fingerprint density at radius 2 is 1.85 bits per heavy atom. The lowest BCUT2D eigenvalue weighted by atomic mass is 10.0. The third-order valence-electron chi connectivity index (χ3n) is 5.11. The van der Waals surface area contributed by atoms with Gasteiger partial charge in [-0.1, -0.05) is 23.7 Å². The maximum atomic E-state index is 13.4. The number of nitrogens with zero attached hydrogens (tertiary/aromatic N) is 4. The van der Waals surface area contributed by atoms with Gasteiger partial charge >= 0.3 is 6.09 Å². The Bertz CT molecular complexity index is 959. The standard InChI is InChI=1S/C23H30ClN5O3S/c1-23(2,3)32-22(31)27-18(13-16-5-7-17(24)8-6-16)21(30)29-11-9-28(10-12-29)20-19(33-4)14-25-15-26-20/h5-8,14-15,18H,9-13H2,1-4H3,(H,27,31). The zero-order chi connectivity index (χ0) is 24.0. The quantitative estimate of drug-likeness (QED) is 0.617. The molecule has 3 rings (SSSR count). The van der Waals surface area contributed by atoms with E-state index in [0.29, 0.717) is 37.6 Å². The van der Waals surface area contributed by atoms with Crippen molar-refractivity contribution in [2.24, 2.45) is 0 Å². The van der Waals surface area contributed by atoms with Crippen LogP contribution in [0.25, 0.3) is 0 Å². The molecule has 178 valence electrons. The molecular formula is C23H30ClN5O3S. The van der Waals surface area contributed by atoms with Gasteiger partial charge in [0.25, 0.3) is 0 Å². The molecule has 1 unspecified atom stereocenters. The highest BCUT2D eigenvalue weighted by Crippen LogP contribution is 2.26. The van der Waals surface area contributed by atoms with Gasteiger partial charge in [-0.3, -0.25) is 4.79 Å². The number of carbonyl (C=O) groups is 2. The number of aromatic nitrogens is 2. The van der Waals surface area contributed by atoms with E-state index in [2.05, 4.69) is 20.2 Å². The van der Waals surface area contributed by atoms with E-state index in [9.17, 15) is 9.59 Å². The number of alkyl carbamates (subject to hydrolysis) is 1. The molecule has 1 saturated heterocycles. The molecule has 33 heavy (non-hydrogen) atoms. The minimum atomic E-state index is -0.742. The minimum Gasteiger partial charge on any atom is -0.444 e. The first-order chi connectivity index (χ1) is 15.7. The SMILES string of the molecule is CSc1cncnc1N1CCN(C(=O)C(Cc2ccc(Cl)cc2)NC(=O)OC(C)(C)C)CC1. The van der Waals surface area contributed by atoms with Gasteiger partial charge in [-0.15, -0.1) is 11.8 Å². The Hall–Kier alpha value is -2.52. The van der Waals surface area contributed by atoms with Crippen LogP contribution in [0.1, 0.15) is 26.3 Å². The van der Waals surface area contributed by atoms with Crippen LogP contribution in [-0.2, 0) is 16.0 Å². The fourth-order valence-corrected chi connectivity index (χ4v) is 4.21. The Morgan fingerprint density at radius 1 is 1.18 bits per heavy atom. The molecule has 1 fully saturated rings. The van der Waals surface area contributed by atoms with Crippen LogP contribution >= 0.6 is 23.4 Å². The molecule has 10 heteroatoms. The second-order valence-electron chi connectivity index (χ2n) is 8.76. The molecule has 1 aliphatic rings. The lowest BCUT2D eigenvalue weighted by Gasteiger charge is -2.37. The average Bonchev–Trinajstić information content (AvgIpc) is 2.78. The lowest BCUT2D eigenvalue weighted by Crippen LogP contribution is -2.56. The molecule has 0 bridgehead atoms. The first-order valence-corrected chi connectivity index (χ1v) is 12.4. The van der Waals surface area contributed by atoms with Crippen LogP contribution in [0.15, 0.2) is 41.7 Å². The maximum absolute atomic E-state index is 13.4. The second-order valence-corrected chi connectivity index (χ2v) is 10.0. The summed E-state index contributed by atoms with van der Waals surface area (Å²) >= 11 is 7.59. The minimum absolute atomic E-state index is 0.136. The third kappa shape index (κ3) is 7.23. The zero-order valence-corrected chi connectivity index (χ0v) is 20.9. The Morgan fingerprint density at radius 3 is 2.45 bits per heavy atom. The van der Waals surface area contributed by atoms with E-state index in [4.69, 9.17) is 16.3 Å². The fourth-order valence-electron chi connectivity index (χ4n) is 3.56. The monoisotopic (exact) mass is 491 g/mol. The number of thioether (sulfide) groups is 1. The number of amides is 2. The van der Waals surface area contributed by atoms with Crippen molar-refractivity contribution in [3.05, 3.63) is 47.4 Å². The molecule has 2 amide bonds. The van der Waals surface area contributed by atoms with E-state index >= 15 is 0 Å². The summed E-state index contributed by atoms with van der Waals surface area (Å²) < 4.78 is 5.40. The lowest BCUT2D eigenvalue weighted by molar-refractivity contribution is -0.133. The van der Waals surface area contributed by atoms with Crippen LogP contribution in [0.2, 0.25) is 5.02 Å². The third-order valence-corrected chi connectivity index (χ3v) is 6.09. The maximum Gasteiger partial charge on any atom is 0.408 e. The molecule has 0 spiro atoms. The van der Waals surface area contributed by atoms with Crippen molar-refractivity contribution in [3.8, 4) is 0 Å². The zero-order valence-electron chi connectivity index (χ0n) is 19.4. The van der Waals surface area contributed by atoms with Gasteiger partial charge in [-0.2, -0.15) is 0 Å². The van der Waals surface area contributed by atoms with Crippen molar-refractivity contribution in [3.63, 3.8) is 0 Å². The van der Waals surface area contributed by atoms with E-state index in [0.717, 1.165) is 16.3 Å². The molecule has 1 aliphatic heterocycles. The first kappa shape index (κ1) is 25.1. The molecule has 1 atom stereocenters. The van der Waals surface area contributed by atoms with Crippen LogP contribution in [-0.4, -0.2) is 70.9 Å². The summed E-state index contributed by atoms with van der Waals surface area (Å²) in [6, 6.07) is 6.52. The normalized spacial score (nSPS) is 15.2. The number of ether oxygens (including phenoxy) is 1. The van der Waals surface area contributed by atoms with Crippen molar-refractivity contribution in [2.75, 3.05) is 37.3 Å². The second kappa shape index (κ2) is 11.1. The molecule has 1 N–H and O–H groups in total. The summed E-state index contributed by atoms with van der Waals surface area (Å²) in [5, 5.41) is 3.39. The molecule has 1 aromatic carbocycles. The molecular weight excluding hydrogens is 462 g/mol. The molecule has 0 aliphatic carbocycles. The summed E-state index contributed by atoms with van der Waals surface area (Å²) in [5.74, 6) is 0.748. The van der Waals surface area contributed by atoms with Crippen LogP contribution < -0.4 is 10.2 Å². The highest BCUT2D eigenvalue weighted by molar-refractivity contribution is 7.98. The van der Waals surface area contributed by atoms with Crippen molar-refractivity contribution in [2.45, 2.75) is 43.7 Å². The van der Waals surface area contributed by atoms with Crippen LogP contribution in [0.3, 0.4) is 0 Å². The van der Waals surface area contributed by atoms with Crippen molar-refractivity contribution < 1.29 is 14.3 Å². The van der Waals surface area contributed by atoms with Gasteiger partial charge < -0.3 is 19.9 Å². The summed E-state index contributed by atoms with van der Waals surface area (Å²) in [7, 11) is 0. The van der Waals surface area contributed by atoms with Gasteiger partial charge in [-0.05, 0) is 44.7 Å². The number of hydrogen-bond donors (Lipinski definition) is 1. The Labute approximate surface area is 204 Å². The van der Waals surface area contributed by atoms with Gasteiger partial charge in [0.15, 0.2) is 0 Å². The number of rotatable bonds is 6. The summed E-state index contributed by atoms with van der Waals surface area (Å²) in [6.07, 6.45) is 5.07. The number of piperazine rings is 1. The molecule has 2 aromatic rings. The number of carbonyl (C=O) groups excluding carboxylic acids is 2. The Kier molecular flexibility index (Phi) is 8.42. The topological polar surface area (TPSA) is 87.7 Å². The van der Waals surface area contributed by atoms with Crippen molar-refractivity contribution in [1.29, 1.82) is 0 Å². The summed E-state index contributed by atoms with van der Waals surface area (Å²) in [5.41, 5.74) is 0.244. The van der Waals surface area contributed by atoms with Gasteiger partial charge in [0.1, 0.15) is 23.8 Å². The molecule has 0 saturated carbocycles. The Balaban J connectivity index is 1.69. The summed E-state index contributed by atoms with van der Waals surface area (Å²) in [4.78, 5) is 39.3. The smallest absolute Gasteiger partial charge is 0.408 e. The van der Waals surface area contributed by atoms with Gasteiger partial charge in [0.2, 0.25) is 5.91 Å². The molecule has 2 heterocycles.